The summed E-state index contributed by atoms with van der Waals surface area (Å²) < 4.78 is 7.32. The van der Waals surface area contributed by atoms with E-state index in [9.17, 15) is 10.2 Å². The van der Waals surface area contributed by atoms with Crippen LogP contribution < -0.4 is 24.8 Å². The van der Waals surface area contributed by atoms with Crippen molar-refractivity contribution in [2.75, 3.05) is 0 Å². The molecule has 3 nitrogen and oxygen atoms in total. The Hall–Kier alpha value is -1.52. The fourth-order valence-corrected chi connectivity index (χ4v) is 3.74. The summed E-state index contributed by atoms with van der Waals surface area (Å²) in [6.45, 7) is 20.6. The van der Waals surface area contributed by atoms with Gasteiger partial charge in [0.05, 0.1) is 0 Å². The van der Waals surface area contributed by atoms with E-state index in [0.717, 1.165) is 22.6 Å². The molecule has 2 N–H and O–H groups in total. The number of furan rings is 1. The van der Waals surface area contributed by atoms with Crippen LogP contribution in [-0.2, 0) is 30.8 Å². The van der Waals surface area contributed by atoms with Gasteiger partial charge in [-0.25, -0.2) is 0 Å². The first-order chi connectivity index (χ1) is 15.1. The monoisotopic (exact) mass is 554 g/mol. The molecule has 0 radical (unpaired) electrons. The van der Waals surface area contributed by atoms with E-state index < -0.39 is 0 Å². The molecule has 0 spiro atoms. The normalized spacial score (nSPS) is 10.4. The number of phenols is 2. The Kier molecular flexibility index (Phi) is 15.2. The van der Waals surface area contributed by atoms with Crippen molar-refractivity contribution in [3.8, 4) is 11.5 Å². The molecule has 3 rings (SSSR count). The number of aryl methyl sites for hydroxylation is 4. The van der Waals surface area contributed by atoms with Crippen LogP contribution in [0, 0.1) is 27.7 Å². The number of benzene rings is 2. The van der Waals surface area contributed by atoms with Gasteiger partial charge >= 0.3 is 65.7 Å². The van der Waals surface area contributed by atoms with Gasteiger partial charge in [-0.15, -0.1) is 0 Å². The number of phenolic OH excluding ortho intramolecular Hbond substituents is 2. The van der Waals surface area contributed by atoms with Crippen molar-refractivity contribution < 1.29 is 59.4 Å². The van der Waals surface area contributed by atoms with Gasteiger partial charge in [0.25, 0.3) is 0 Å². The molecule has 0 aliphatic heterocycles. The summed E-state index contributed by atoms with van der Waals surface area (Å²) in [6, 6.07) is 13.5. The molecule has 0 saturated carbocycles. The van der Waals surface area contributed by atoms with Crippen LogP contribution in [-0.4, -0.2) is 14.5 Å². The van der Waals surface area contributed by atoms with Crippen molar-refractivity contribution >= 4 is 4.31 Å². The second kappa shape index (κ2) is 14.9. The molecule has 0 saturated heterocycles. The molecule has 0 fully saturated rings. The van der Waals surface area contributed by atoms with E-state index in [1.165, 1.54) is 16.7 Å². The smallest absolute Gasteiger partial charge is 0.119 e. The van der Waals surface area contributed by atoms with Gasteiger partial charge in [0, 0.05) is 0 Å². The Morgan fingerprint density at radius 1 is 0.686 bits per heavy atom. The van der Waals surface area contributed by atoms with Crippen LogP contribution in [0.1, 0.15) is 80.9 Å². The first-order valence-corrected chi connectivity index (χ1v) is 12.1. The second-order valence-corrected chi connectivity index (χ2v) is 11.0. The summed E-state index contributed by atoms with van der Waals surface area (Å²) in [6.07, 6.45) is 0. The van der Waals surface area contributed by atoms with Gasteiger partial charge in [0.1, 0.15) is 11.5 Å². The van der Waals surface area contributed by atoms with Crippen molar-refractivity contribution in [3.63, 3.8) is 0 Å². The zero-order valence-electron chi connectivity index (χ0n) is 22.7. The zero-order chi connectivity index (χ0) is 25.6. The Bertz CT molecular complexity index is 1010. The number of hydrogen-bond donors (Lipinski definition) is 2. The van der Waals surface area contributed by atoms with E-state index in [-0.39, 0.29) is 35.6 Å². The topological polar surface area (TPSA) is 53.6 Å². The largest absolute Gasteiger partial charge is 1.00 e. The van der Waals surface area contributed by atoms with Crippen LogP contribution in [0.5, 0.6) is 11.5 Å². The summed E-state index contributed by atoms with van der Waals surface area (Å²) in [4.78, 5) is 0. The van der Waals surface area contributed by atoms with E-state index in [1.807, 2.05) is 82.3 Å². The Morgan fingerprint density at radius 2 is 1.06 bits per heavy atom. The molecule has 1 aromatic heterocycles. The third kappa shape index (κ3) is 11.8. The first-order valence-electron chi connectivity index (χ1n) is 11.2. The van der Waals surface area contributed by atoms with Crippen molar-refractivity contribution in [2.45, 2.75) is 80.1 Å². The van der Waals surface area contributed by atoms with Crippen molar-refractivity contribution in [1.29, 1.82) is 0 Å². The van der Waals surface area contributed by atoms with E-state index >= 15 is 0 Å². The van der Waals surface area contributed by atoms with E-state index in [2.05, 4.69) is 41.5 Å². The maximum Gasteiger partial charge on any atom is 0.119 e. The SMILES string of the molecule is Cc1cc([CH]=[Ti])c(C)o1.Cc1ccc(O)c(C(C)(C)C)c1.Cc1ccc(O)c(C(C)(C)C)c1.[Cl-].[Cl-]. The summed E-state index contributed by atoms with van der Waals surface area (Å²) in [7, 11) is 0. The first kappa shape index (κ1) is 35.6. The van der Waals surface area contributed by atoms with E-state index in [4.69, 9.17) is 4.42 Å². The Balaban J connectivity index is 0. The molecule has 0 bridgehead atoms. The maximum absolute atomic E-state index is 9.57. The molecular weight excluding hydrogens is 515 g/mol. The molecule has 1 heterocycles. The van der Waals surface area contributed by atoms with Crippen LogP contribution in [0.25, 0.3) is 0 Å². The van der Waals surface area contributed by atoms with Crippen LogP contribution in [0.3, 0.4) is 0 Å². The average molecular weight is 555 g/mol. The van der Waals surface area contributed by atoms with Gasteiger partial charge in [-0.05, 0) is 47.9 Å². The third-order valence-corrected chi connectivity index (χ3v) is 5.64. The number of halogens is 2. The minimum Gasteiger partial charge on any atom is -1.00 e. The van der Waals surface area contributed by atoms with Crippen LogP contribution in [0.4, 0.5) is 0 Å². The molecule has 2 aromatic carbocycles. The summed E-state index contributed by atoms with van der Waals surface area (Å²) in [5.41, 5.74) is 5.67. The van der Waals surface area contributed by atoms with Crippen molar-refractivity contribution in [3.05, 3.63) is 81.8 Å². The molecule has 0 unspecified atom stereocenters. The minimum absolute atomic E-state index is 0. The standard InChI is InChI=1S/2C11H16O.C7H8O.2ClH.Ti/c2*1-8-5-6-10(12)9(7-8)11(2,3)4;1-5-4-6(2)8-7(5)3;;;/h2*5-7,12H,1-4H3;1,4H,2-3H3;2*1H;/p-2. The fourth-order valence-electron chi connectivity index (χ4n) is 3.29. The summed E-state index contributed by atoms with van der Waals surface area (Å²) in [5.74, 6) is 2.79. The van der Waals surface area contributed by atoms with Crippen LogP contribution in [0.2, 0.25) is 0 Å². The van der Waals surface area contributed by atoms with Gasteiger partial charge in [0.2, 0.25) is 0 Å². The number of hydrogen-bond acceptors (Lipinski definition) is 3. The molecule has 35 heavy (non-hydrogen) atoms. The molecule has 0 aliphatic rings. The van der Waals surface area contributed by atoms with Gasteiger partial charge in [-0.2, -0.15) is 0 Å². The molecule has 0 amide bonds. The molecule has 194 valence electrons. The third-order valence-electron chi connectivity index (χ3n) is 5.16. The van der Waals surface area contributed by atoms with Gasteiger partial charge in [-0.3, -0.25) is 0 Å². The zero-order valence-corrected chi connectivity index (χ0v) is 25.8. The van der Waals surface area contributed by atoms with Crippen molar-refractivity contribution in [2.24, 2.45) is 0 Å². The summed E-state index contributed by atoms with van der Waals surface area (Å²) >= 11 is 2.01. The molecular formula is C29H40Cl2O3Ti-2. The fraction of sp³-hybridized carbons (Fsp3) is 0.414. The van der Waals surface area contributed by atoms with Gasteiger partial charge in [0.15, 0.2) is 0 Å². The Labute approximate surface area is 236 Å². The van der Waals surface area contributed by atoms with E-state index in [1.54, 1.807) is 12.1 Å². The predicted octanol–water partition coefficient (Wildman–Crippen LogP) is 1.60. The maximum atomic E-state index is 9.57. The molecule has 0 atom stereocenters. The number of rotatable bonds is 1. The van der Waals surface area contributed by atoms with Crippen LogP contribution in [0.15, 0.2) is 46.9 Å². The molecule has 3 aromatic rings. The number of aromatic hydroxyl groups is 2. The summed E-state index contributed by atoms with van der Waals surface area (Å²) in [5, 5.41) is 19.1. The minimum atomic E-state index is 0. The van der Waals surface area contributed by atoms with Crippen molar-refractivity contribution in [1.82, 2.24) is 0 Å². The molecule has 6 heteroatoms. The average Bonchev–Trinajstić information content (AvgIpc) is 3.02. The predicted molar refractivity (Wildman–Crippen MR) is 136 cm³/mol. The second-order valence-electron chi connectivity index (χ2n) is 10.6. The van der Waals surface area contributed by atoms with Crippen LogP contribution >= 0.6 is 0 Å². The van der Waals surface area contributed by atoms with Gasteiger partial charge < -0.3 is 35.0 Å². The van der Waals surface area contributed by atoms with E-state index in [0.29, 0.717) is 11.5 Å². The quantitative estimate of drug-likeness (QED) is 0.449. The van der Waals surface area contributed by atoms with Gasteiger partial charge in [-0.1, -0.05) is 76.9 Å². The molecule has 0 aliphatic carbocycles. The Morgan fingerprint density at radius 3 is 1.26 bits per heavy atom.